The number of aromatic nitrogens is 1. The Labute approximate surface area is 144 Å². The average molecular weight is 328 g/mol. The number of thioether (sulfide) groups is 1. The first kappa shape index (κ1) is 14.7. The van der Waals surface area contributed by atoms with Crippen molar-refractivity contribution in [3.8, 4) is 28.5 Å². The van der Waals surface area contributed by atoms with Crippen molar-refractivity contribution in [1.82, 2.24) is 4.98 Å². The summed E-state index contributed by atoms with van der Waals surface area (Å²) in [6, 6.07) is 19.3. The molecule has 1 aliphatic rings. The number of hydrogen-bond donors (Lipinski definition) is 0. The molecule has 1 aliphatic carbocycles. The maximum Gasteiger partial charge on any atom is 0.196 e. The molecule has 3 aromatic rings. The van der Waals surface area contributed by atoms with E-state index in [-0.39, 0.29) is 5.78 Å². The number of hydrogen-bond acceptors (Lipinski definition) is 4. The van der Waals surface area contributed by atoms with Crippen molar-refractivity contribution in [2.45, 2.75) is 5.03 Å². The summed E-state index contributed by atoms with van der Waals surface area (Å²) >= 11 is 1.43. The molecule has 1 aromatic heterocycles. The lowest BCUT2D eigenvalue weighted by atomic mass is 9.94. The molecule has 2 aromatic carbocycles. The second-order valence-corrected chi connectivity index (χ2v) is 6.24. The van der Waals surface area contributed by atoms with E-state index in [0.717, 1.165) is 11.1 Å². The monoisotopic (exact) mass is 328 g/mol. The quantitative estimate of drug-likeness (QED) is 0.506. The molecule has 3 nitrogen and oxygen atoms in total. The molecular formula is C20H12N2OS. The van der Waals surface area contributed by atoms with Gasteiger partial charge >= 0.3 is 0 Å². The van der Waals surface area contributed by atoms with Crippen LogP contribution in [0.2, 0.25) is 0 Å². The topological polar surface area (TPSA) is 53.8 Å². The van der Waals surface area contributed by atoms with Crippen LogP contribution >= 0.6 is 11.8 Å². The van der Waals surface area contributed by atoms with E-state index < -0.39 is 0 Å². The Morgan fingerprint density at radius 3 is 2.29 bits per heavy atom. The molecule has 0 unspecified atom stereocenters. The van der Waals surface area contributed by atoms with Gasteiger partial charge in [0.1, 0.15) is 11.1 Å². The van der Waals surface area contributed by atoms with Gasteiger partial charge in [0.15, 0.2) is 5.78 Å². The number of carbonyl (C=O) groups excluding carboxylic acids is 1. The normalized spacial score (nSPS) is 11.8. The molecule has 0 bridgehead atoms. The molecule has 1 heterocycles. The van der Waals surface area contributed by atoms with Gasteiger partial charge in [0.25, 0.3) is 0 Å². The Morgan fingerprint density at radius 1 is 0.958 bits per heavy atom. The third-order valence-electron chi connectivity index (χ3n) is 4.19. The number of carbonyl (C=O) groups is 1. The van der Waals surface area contributed by atoms with Crippen LogP contribution in [-0.2, 0) is 0 Å². The Morgan fingerprint density at radius 2 is 1.62 bits per heavy atom. The summed E-state index contributed by atoms with van der Waals surface area (Å²) in [6.07, 6.45) is 1.90. The van der Waals surface area contributed by atoms with E-state index in [4.69, 9.17) is 0 Å². The van der Waals surface area contributed by atoms with Crippen LogP contribution in [0.25, 0.3) is 22.4 Å². The van der Waals surface area contributed by atoms with Crippen LogP contribution in [0.1, 0.15) is 21.5 Å². The molecule has 0 saturated heterocycles. The zero-order valence-corrected chi connectivity index (χ0v) is 13.7. The SMILES string of the molecule is CSc1nc2c(c(-c3ccccc3)c1C#N)C(=O)c1ccccc1-2. The van der Waals surface area contributed by atoms with Crippen molar-refractivity contribution >= 4 is 17.5 Å². The number of ketones is 1. The predicted octanol–water partition coefficient (Wildman–Crippen LogP) is 4.55. The maximum atomic E-state index is 13.0. The summed E-state index contributed by atoms with van der Waals surface area (Å²) in [5, 5.41) is 10.4. The minimum absolute atomic E-state index is 0.0592. The van der Waals surface area contributed by atoms with Crippen molar-refractivity contribution in [2.75, 3.05) is 6.26 Å². The largest absolute Gasteiger partial charge is 0.288 e. The molecular weight excluding hydrogens is 316 g/mol. The summed E-state index contributed by atoms with van der Waals surface area (Å²) < 4.78 is 0. The fourth-order valence-corrected chi connectivity index (χ4v) is 3.68. The standard InChI is InChI=1S/C20H12N2OS/c1-24-20-15(11-21)16(12-7-3-2-4-8-12)17-18(22-20)13-9-5-6-10-14(13)19(17)23/h2-10H,1H3. The smallest absolute Gasteiger partial charge is 0.196 e. The van der Waals surface area contributed by atoms with Gasteiger partial charge in [-0.25, -0.2) is 4.98 Å². The highest BCUT2D eigenvalue weighted by Gasteiger charge is 2.33. The Balaban J connectivity index is 2.15. The van der Waals surface area contributed by atoms with Gasteiger partial charge in [-0.2, -0.15) is 5.26 Å². The van der Waals surface area contributed by atoms with Gasteiger partial charge in [0, 0.05) is 16.7 Å². The van der Waals surface area contributed by atoms with Crippen LogP contribution in [0, 0.1) is 11.3 Å². The second kappa shape index (κ2) is 5.63. The van der Waals surface area contributed by atoms with E-state index in [2.05, 4.69) is 11.1 Å². The summed E-state index contributed by atoms with van der Waals surface area (Å²) in [5.41, 5.74) is 4.73. The van der Waals surface area contributed by atoms with Gasteiger partial charge in [-0.05, 0) is 11.8 Å². The Bertz CT molecular complexity index is 1020. The molecule has 0 aliphatic heterocycles. The zero-order valence-electron chi connectivity index (χ0n) is 12.9. The van der Waals surface area contributed by atoms with Crippen LogP contribution in [-0.4, -0.2) is 17.0 Å². The van der Waals surface area contributed by atoms with Crippen molar-refractivity contribution in [3.63, 3.8) is 0 Å². The maximum absolute atomic E-state index is 13.0. The van der Waals surface area contributed by atoms with Crippen LogP contribution < -0.4 is 0 Å². The van der Waals surface area contributed by atoms with Gasteiger partial charge in [-0.3, -0.25) is 4.79 Å². The number of fused-ring (bicyclic) bond motifs is 3. The molecule has 0 saturated carbocycles. The van der Waals surface area contributed by atoms with Crippen molar-refractivity contribution < 1.29 is 4.79 Å². The first-order valence-electron chi connectivity index (χ1n) is 7.48. The molecule has 0 amide bonds. The van der Waals surface area contributed by atoms with Crippen molar-refractivity contribution in [3.05, 3.63) is 71.3 Å². The van der Waals surface area contributed by atoms with E-state index >= 15 is 0 Å². The van der Waals surface area contributed by atoms with Crippen LogP contribution in [0.15, 0.2) is 59.6 Å². The minimum atomic E-state index is -0.0592. The fourth-order valence-electron chi connectivity index (χ4n) is 3.15. The van der Waals surface area contributed by atoms with E-state index in [1.54, 1.807) is 0 Å². The third kappa shape index (κ3) is 1.99. The van der Waals surface area contributed by atoms with Gasteiger partial charge in [0.05, 0.1) is 16.8 Å². The summed E-state index contributed by atoms with van der Waals surface area (Å²) in [6.45, 7) is 0. The molecule has 0 spiro atoms. The first-order valence-corrected chi connectivity index (χ1v) is 8.70. The lowest BCUT2D eigenvalue weighted by Gasteiger charge is -2.13. The van der Waals surface area contributed by atoms with Crippen LogP contribution in [0.3, 0.4) is 0 Å². The third-order valence-corrected chi connectivity index (χ3v) is 4.87. The van der Waals surface area contributed by atoms with Crippen molar-refractivity contribution in [1.29, 1.82) is 5.26 Å². The highest BCUT2D eigenvalue weighted by molar-refractivity contribution is 7.98. The lowest BCUT2D eigenvalue weighted by molar-refractivity contribution is 0.104. The van der Waals surface area contributed by atoms with Crippen LogP contribution in [0.5, 0.6) is 0 Å². The Kier molecular flexibility index (Phi) is 3.44. The molecule has 0 radical (unpaired) electrons. The van der Waals surface area contributed by atoms with E-state index in [1.807, 2.05) is 60.9 Å². The number of benzene rings is 2. The van der Waals surface area contributed by atoms with Gasteiger partial charge < -0.3 is 0 Å². The highest BCUT2D eigenvalue weighted by atomic mass is 32.2. The number of nitriles is 1. The second-order valence-electron chi connectivity index (χ2n) is 5.45. The van der Waals surface area contributed by atoms with Gasteiger partial charge in [-0.1, -0.05) is 54.6 Å². The molecule has 24 heavy (non-hydrogen) atoms. The summed E-state index contributed by atoms with van der Waals surface area (Å²) in [7, 11) is 0. The van der Waals surface area contributed by atoms with Gasteiger partial charge in [0.2, 0.25) is 0 Å². The molecule has 114 valence electrons. The Hall–Kier alpha value is -2.90. The van der Waals surface area contributed by atoms with E-state index in [9.17, 15) is 10.1 Å². The zero-order chi connectivity index (χ0) is 16.7. The van der Waals surface area contributed by atoms with Gasteiger partial charge in [-0.15, -0.1) is 11.8 Å². The number of nitrogens with zero attached hydrogens (tertiary/aromatic N) is 2. The fraction of sp³-hybridized carbons (Fsp3) is 0.0500. The first-order chi connectivity index (χ1) is 11.8. The minimum Gasteiger partial charge on any atom is -0.288 e. The van der Waals surface area contributed by atoms with E-state index in [0.29, 0.717) is 33.0 Å². The molecule has 4 heteroatoms. The molecule has 0 fully saturated rings. The van der Waals surface area contributed by atoms with E-state index in [1.165, 1.54) is 11.8 Å². The average Bonchev–Trinajstić information content (AvgIpc) is 2.93. The van der Waals surface area contributed by atoms with Crippen LogP contribution in [0.4, 0.5) is 0 Å². The highest BCUT2D eigenvalue weighted by Crippen LogP contribution is 2.43. The summed E-state index contributed by atoms with van der Waals surface area (Å²) in [4.78, 5) is 17.6. The summed E-state index contributed by atoms with van der Waals surface area (Å²) in [5.74, 6) is -0.0592. The molecule has 4 rings (SSSR count). The predicted molar refractivity (Wildman–Crippen MR) is 95.0 cm³/mol. The lowest BCUT2D eigenvalue weighted by Crippen LogP contribution is -2.03. The molecule has 0 atom stereocenters. The number of pyridine rings is 1. The van der Waals surface area contributed by atoms with Crippen molar-refractivity contribution in [2.24, 2.45) is 0 Å². The number of rotatable bonds is 2. The molecule has 0 N–H and O–H groups in total.